The maximum atomic E-state index is 15.9. The number of carbonyl (C=O) groups excluding carboxylic acids is 3. The van der Waals surface area contributed by atoms with Gasteiger partial charge < -0.3 is 31.1 Å². The summed E-state index contributed by atoms with van der Waals surface area (Å²) in [7, 11) is 4.75. The number of aliphatic hydroxyl groups excluding tert-OH is 2. The number of ether oxygens (including phenoxy) is 1. The van der Waals surface area contributed by atoms with Gasteiger partial charge in [-0.1, -0.05) is 0 Å². The predicted octanol–water partition coefficient (Wildman–Crippen LogP) is 0.667. The molecule has 4 atom stereocenters. The number of primary amides is 1. The van der Waals surface area contributed by atoms with Gasteiger partial charge in [0.1, 0.15) is 28.7 Å². The predicted molar refractivity (Wildman–Crippen MR) is 136 cm³/mol. The maximum absolute atomic E-state index is 15.9. The smallest absolute Gasteiger partial charge is 0.248 e. The van der Waals surface area contributed by atoms with Crippen molar-refractivity contribution in [2.45, 2.75) is 37.5 Å². The Morgan fingerprint density at radius 2 is 2.03 bits per heavy atom. The van der Waals surface area contributed by atoms with Crippen LogP contribution in [-0.2, 0) is 27.3 Å². The second kappa shape index (κ2) is 9.61. The number of ketones is 1. The SMILES string of the molecule is CO[C@@]12CC(C(N)=O)=C(O)[C@@H](N(C)C)[C@@H]1C[C@@H]1Cc3c(F)c(CN4CCNC(=O)C4)cc(O)c3C(=O)C1=C2O. The monoisotopic (exact) mass is 544 g/mol. The highest BCUT2D eigenvalue weighted by molar-refractivity contribution is 6.13. The van der Waals surface area contributed by atoms with Gasteiger partial charge in [0.05, 0.1) is 23.7 Å². The Kier molecular flexibility index (Phi) is 6.68. The average Bonchev–Trinajstić information content (AvgIpc) is 2.86. The number of methoxy groups -OCH3 is 1. The molecule has 1 fully saturated rings. The summed E-state index contributed by atoms with van der Waals surface area (Å²) in [5.41, 5.74) is 3.92. The first-order chi connectivity index (χ1) is 18.4. The summed E-state index contributed by atoms with van der Waals surface area (Å²) in [5, 5.41) is 36.2. The van der Waals surface area contributed by atoms with Crippen molar-refractivity contribution in [2.75, 3.05) is 40.8 Å². The molecule has 39 heavy (non-hydrogen) atoms. The fourth-order valence-corrected chi connectivity index (χ4v) is 6.92. The van der Waals surface area contributed by atoms with Crippen LogP contribution in [0.25, 0.3) is 0 Å². The summed E-state index contributed by atoms with van der Waals surface area (Å²) in [6.45, 7) is 1.12. The number of phenols is 1. The Bertz CT molecular complexity index is 1340. The van der Waals surface area contributed by atoms with Crippen LogP contribution in [0.4, 0.5) is 4.39 Å². The van der Waals surface area contributed by atoms with Gasteiger partial charge in [-0.05, 0) is 38.9 Å². The van der Waals surface area contributed by atoms with Crippen molar-refractivity contribution in [2.24, 2.45) is 17.6 Å². The highest BCUT2D eigenvalue weighted by atomic mass is 19.1. The van der Waals surface area contributed by atoms with E-state index in [0.29, 0.717) is 13.1 Å². The molecule has 210 valence electrons. The van der Waals surface area contributed by atoms with Crippen LogP contribution in [0.1, 0.15) is 34.3 Å². The topological polar surface area (TPSA) is 166 Å². The largest absolute Gasteiger partial charge is 0.510 e. The van der Waals surface area contributed by atoms with Gasteiger partial charge in [-0.15, -0.1) is 0 Å². The first kappa shape index (κ1) is 27.1. The van der Waals surface area contributed by atoms with E-state index in [-0.39, 0.29) is 71.9 Å². The number of aromatic hydroxyl groups is 1. The van der Waals surface area contributed by atoms with Crippen molar-refractivity contribution in [3.8, 4) is 5.75 Å². The normalized spacial score (nSPS) is 29.2. The number of rotatable bonds is 5. The molecular formula is C27H33FN4O7. The Morgan fingerprint density at radius 3 is 2.64 bits per heavy atom. The summed E-state index contributed by atoms with van der Waals surface area (Å²) in [6.07, 6.45) is 0.0103. The number of amides is 2. The molecular weight excluding hydrogens is 511 g/mol. The standard InChI is InChI=1S/C27H33FN4O7/c1-31(2)22-16-7-12-6-14-20(17(33)8-13(21(14)28)10-32-5-4-30-18(34)11-32)24(36)19(12)25(37)27(16,39-3)9-15(23(22)35)26(29)38/h8,12,16,22,33,35,37H,4-7,9-11H2,1-3H3,(H2,29,38)(H,30,34)/t12-,16-,22-,27-/m0/s1. The second-order valence-corrected chi connectivity index (χ2v) is 11.0. The molecule has 3 aliphatic carbocycles. The number of carbonyl (C=O) groups is 3. The van der Waals surface area contributed by atoms with E-state index in [1.54, 1.807) is 23.9 Å². The number of phenolic OH excluding ortho intramolecular Hbond substituents is 1. The van der Waals surface area contributed by atoms with Gasteiger partial charge in [0.15, 0.2) is 5.78 Å². The lowest BCUT2D eigenvalue weighted by Gasteiger charge is -2.53. The summed E-state index contributed by atoms with van der Waals surface area (Å²) < 4.78 is 21.7. The van der Waals surface area contributed by atoms with Crippen LogP contribution in [0.15, 0.2) is 28.7 Å². The summed E-state index contributed by atoms with van der Waals surface area (Å²) in [6, 6.07) is 0.430. The highest BCUT2D eigenvalue weighted by Crippen LogP contribution is 2.55. The first-order valence-electron chi connectivity index (χ1n) is 12.8. The van der Waals surface area contributed by atoms with Crippen LogP contribution in [0.2, 0.25) is 0 Å². The minimum atomic E-state index is -1.53. The molecule has 12 heteroatoms. The van der Waals surface area contributed by atoms with Crippen LogP contribution in [-0.4, -0.2) is 95.2 Å². The van der Waals surface area contributed by atoms with Gasteiger partial charge >= 0.3 is 0 Å². The number of hydrogen-bond donors (Lipinski definition) is 5. The molecule has 0 bridgehead atoms. The van der Waals surface area contributed by atoms with Crippen molar-refractivity contribution in [1.29, 1.82) is 0 Å². The van der Waals surface area contributed by atoms with E-state index < -0.39 is 52.5 Å². The van der Waals surface area contributed by atoms with E-state index in [1.165, 1.54) is 13.2 Å². The molecule has 5 rings (SSSR count). The van der Waals surface area contributed by atoms with Crippen molar-refractivity contribution in [1.82, 2.24) is 15.1 Å². The fourth-order valence-electron chi connectivity index (χ4n) is 6.92. The van der Waals surface area contributed by atoms with Gasteiger partial charge in [-0.2, -0.15) is 0 Å². The van der Waals surface area contributed by atoms with Crippen molar-refractivity contribution in [3.63, 3.8) is 0 Å². The molecule has 1 saturated heterocycles. The third-order valence-corrected chi connectivity index (χ3v) is 8.68. The van der Waals surface area contributed by atoms with Crippen molar-refractivity contribution < 1.29 is 38.8 Å². The number of hydrogen-bond acceptors (Lipinski definition) is 9. The molecule has 1 aromatic carbocycles. The molecule has 0 radical (unpaired) electrons. The van der Waals surface area contributed by atoms with Crippen LogP contribution in [0, 0.1) is 17.7 Å². The number of nitrogens with two attached hydrogens (primary N) is 1. The zero-order valence-electron chi connectivity index (χ0n) is 22.1. The van der Waals surface area contributed by atoms with Crippen molar-refractivity contribution in [3.05, 3.63) is 51.2 Å². The number of nitrogens with one attached hydrogen (secondary N) is 1. The van der Waals surface area contributed by atoms with E-state index in [1.807, 2.05) is 0 Å². The van der Waals surface area contributed by atoms with Crippen LogP contribution >= 0.6 is 0 Å². The summed E-state index contributed by atoms with van der Waals surface area (Å²) >= 11 is 0. The van der Waals surface area contributed by atoms with E-state index in [0.717, 1.165) is 0 Å². The van der Waals surface area contributed by atoms with E-state index >= 15 is 4.39 Å². The molecule has 11 nitrogen and oxygen atoms in total. The van der Waals surface area contributed by atoms with E-state index in [4.69, 9.17) is 10.5 Å². The minimum Gasteiger partial charge on any atom is -0.510 e. The Morgan fingerprint density at radius 1 is 1.31 bits per heavy atom. The Labute approximate surface area is 224 Å². The highest BCUT2D eigenvalue weighted by Gasteiger charge is 2.59. The molecule has 1 aromatic rings. The Hall–Kier alpha value is -3.48. The number of likely N-dealkylation sites (N-methyl/N-ethyl adjacent to an activating group) is 1. The first-order valence-corrected chi connectivity index (χ1v) is 12.8. The fraction of sp³-hybridized carbons (Fsp3) is 0.519. The molecule has 0 aromatic heterocycles. The molecule has 6 N–H and O–H groups in total. The molecule has 4 aliphatic rings. The third-order valence-electron chi connectivity index (χ3n) is 8.68. The van der Waals surface area contributed by atoms with Crippen LogP contribution in [0.3, 0.4) is 0 Å². The minimum absolute atomic E-state index is 0.00142. The van der Waals surface area contributed by atoms with E-state index in [2.05, 4.69) is 5.32 Å². The third kappa shape index (κ3) is 4.09. The molecule has 0 unspecified atom stereocenters. The maximum Gasteiger partial charge on any atom is 0.248 e. The van der Waals surface area contributed by atoms with Gasteiger partial charge in [0, 0.05) is 55.8 Å². The molecule has 0 spiro atoms. The number of fused-ring (bicyclic) bond motifs is 3. The number of Topliss-reactive ketones (excluding diaryl/α,β-unsaturated/α-hetero) is 1. The lowest BCUT2D eigenvalue weighted by molar-refractivity contribution is -0.124. The number of piperazine rings is 1. The summed E-state index contributed by atoms with van der Waals surface area (Å²) in [4.78, 5) is 41.2. The van der Waals surface area contributed by atoms with Gasteiger partial charge in [-0.3, -0.25) is 24.2 Å². The number of halogens is 1. The lowest BCUT2D eigenvalue weighted by Crippen LogP contribution is -2.60. The van der Waals surface area contributed by atoms with Gasteiger partial charge in [0.25, 0.3) is 0 Å². The number of aliphatic hydroxyl groups is 2. The quantitative estimate of drug-likeness (QED) is 0.358. The molecule has 0 saturated carbocycles. The zero-order chi connectivity index (χ0) is 28.4. The number of benzene rings is 1. The summed E-state index contributed by atoms with van der Waals surface area (Å²) in [5.74, 6) is -4.65. The average molecular weight is 545 g/mol. The molecule has 2 amide bonds. The zero-order valence-corrected chi connectivity index (χ0v) is 22.1. The lowest BCUT2D eigenvalue weighted by atomic mass is 9.59. The molecule has 1 aliphatic heterocycles. The van der Waals surface area contributed by atoms with Gasteiger partial charge in [-0.25, -0.2) is 4.39 Å². The molecule has 1 heterocycles. The number of nitrogens with zero attached hydrogens (tertiary/aromatic N) is 2. The van der Waals surface area contributed by atoms with Crippen LogP contribution in [0.5, 0.6) is 5.75 Å². The van der Waals surface area contributed by atoms with Crippen LogP contribution < -0.4 is 11.1 Å². The van der Waals surface area contributed by atoms with Crippen molar-refractivity contribution >= 4 is 17.6 Å². The Balaban J connectivity index is 1.60. The number of allylic oxidation sites excluding steroid dienone is 1. The van der Waals surface area contributed by atoms with Gasteiger partial charge in [0.2, 0.25) is 11.8 Å². The second-order valence-electron chi connectivity index (χ2n) is 11.0. The van der Waals surface area contributed by atoms with E-state index in [9.17, 15) is 29.7 Å².